The van der Waals surface area contributed by atoms with Gasteiger partial charge in [0.15, 0.2) is 0 Å². The van der Waals surface area contributed by atoms with E-state index >= 15 is 0 Å². The van der Waals surface area contributed by atoms with E-state index < -0.39 is 0 Å². The van der Waals surface area contributed by atoms with Gasteiger partial charge in [-0.1, -0.05) is 18.2 Å². The number of hydrogen-bond acceptors (Lipinski definition) is 4. The maximum atomic E-state index is 13.2. The molecule has 0 fully saturated rings. The first kappa shape index (κ1) is 16.7. The summed E-state index contributed by atoms with van der Waals surface area (Å²) in [4.78, 5) is 22.0. The van der Waals surface area contributed by atoms with Crippen molar-refractivity contribution in [2.45, 2.75) is 0 Å². The predicted molar refractivity (Wildman–Crippen MR) is 107 cm³/mol. The molecule has 0 aliphatic carbocycles. The zero-order chi connectivity index (χ0) is 18.6. The number of ether oxygens (including phenoxy) is 1. The lowest BCUT2D eigenvalue weighted by Crippen LogP contribution is -2.22. The number of rotatable bonds is 4. The number of pyridine rings is 1. The fourth-order valence-corrected chi connectivity index (χ4v) is 2.89. The molecule has 0 radical (unpaired) electrons. The van der Waals surface area contributed by atoms with Crippen LogP contribution in [0, 0.1) is 0 Å². The fourth-order valence-electron chi connectivity index (χ4n) is 2.89. The smallest absolute Gasteiger partial charge is 0.266 e. The molecule has 2 heterocycles. The number of methoxy groups -OCH3 is 1. The van der Waals surface area contributed by atoms with Crippen LogP contribution in [0.3, 0.4) is 0 Å². The number of hydrogen-bond donors (Lipinski definition) is 0. The first-order chi connectivity index (χ1) is 13.3. The lowest BCUT2D eigenvalue weighted by molar-refractivity contribution is 0.414. The number of benzene rings is 2. The van der Waals surface area contributed by atoms with Crippen molar-refractivity contribution < 1.29 is 4.74 Å². The second kappa shape index (κ2) is 7.25. The van der Waals surface area contributed by atoms with Crippen LogP contribution in [-0.2, 0) is 0 Å². The molecule has 0 N–H and O–H groups in total. The molecule has 4 aromatic rings. The second-order valence-electron chi connectivity index (χ2n) is 5.95. The van der Waals surface area contributed by atoms with Gasteiger partial charge in [-0.15, -0.1) is 0 Å². The lowest BCUT2D eigenvalue weighted by Gasteiger charge is -2.12. The average Bonchev–Trinajstić information content (AvgIpc) is 2.73. The zero-order valence-corrected chi connectivity index (χ0v) is 14.7. The highest BCUT2D eigenvalue weighted by molar-refractivity contribution is 5.80. The standard InChI is InChI=1S/C22H17N3O2/c1-27-18-11-9-17(10-12-18)25-21(13-8-16-5-4-14-23-15-16)24-20-7-3-2-6-19(20)22(25)26/h2-15H,1H3/b13-8+. The van der Waals surface area contributed by atoms with Gasteiger partial charge >= 0.3 is 0 Å². The summed E-state index contributed by atoms with van der Waals surface area (Å²) in [5.74, 6) is 1.28. The Kier molecular flexibility index (Phi) is 4.49. The molecule has 27 heavy (non-hydrogen) atoms. The number of fused-ring (bicyclic) bond motifs is 1. The summed E-state index contributed by atoms with van der Waals surface area (Å²) < 4.78 is 6.82. The topological polar surface area (TPSA) is 57.0 Å². The van der Waals surface area contributed by atoms with E-state index in [4.69, 9.17) is 9.72 Å². The molecule has 2 aromatic carbocycles. The van der Waals surface area contributed by atoms with Crippen molar-refractivity contribution in [3.05, 3.63) is 94.8 Å². The molecule has 2 aromatic heterocycles. The van der Waals surface area contributed by atoms with Crippen LogP contribution in [0.4, 0.5) is 0 Å². The first-order valence-corrected chi connectivity index (χ1v) is 8.50. The Morgan fingerprint density at radius 2 is 1.78 bits per heavy atom. The van der Waals surface area contributed by atoms with Crippen LogP contribution in [0.5, 0.6) is 5.75 Å². The molecule has 0 aliphatic heterocycles. The van der Waals surface area contributed by atoms with E-state index in [1.54, 1.807) is 30.1 Å². The van der Waals surface area contributed by atoms with E-state index in [0.29, 0.717) is 16.7 Å². The van der Waals surface area contributed by atoms with Gasteiger partial charge < -0.3 is 4.74 Å². The summed E-state index contributed by atoms with van der Waals surface area (Å²) in [5.41, 5.74) is 2.21. The van der Waals surface area contributed by atoms with Crippen LogP contribution in [0.2, 0.25) is 0 Å². The van der Waals surface area contributed by atoms with Gasteiger partial charge in [0.25, 0.3) is 5.56 Å². The Balaban J connectivity index is 1.92. The Bertz CT molecular complexity index is 1160. The average molecular weight is 355 g/mol. The number of para-hydroxylation sites is 1. The zero-order valence-electron chi connectivity index (χ0n) is 14.7. The molecule has 0 amide bonds. The molecule has 132 valence electrons. The Labute approximate surface area is 156 Å². The SMILES string of the molecule is COc1ccc(-n2c(/C=C/c3cccnc3)nc3ccccc3c2=O)cc1. The first-order valence-electron chi connectivity index (χ1n) is 8.50. The van der Waals surface area contributed by atoms with Gasteiger partial charge in [-0.25, -0.2) is 4.98 Å². The summed E-state index contributed by atoms with van der Waals surface area (Å²) in [7, 11) is 1.61. The predicted octanol–water partition coefficient (Wildman–Crippen LogP) is 3.96. The molecule has 0 aliphatic rings. The molecule has 5 heteroatoms. The molecular weight excluding hydrogens is 338 g/mol. The molecule has 0 bridgehead atoms. The van der Waals surface area contributed by atoms with Crippen molar-refractivity contribution in [1.29, 1.82) is 0 Å². The molecular formula is C22H17N3O2. The van der Waals surface area contributed by atoms with Crippen molar-refractivity contribution in [1.82, 2.24) is 14.5 Å². The third-order valence-electron chi connectivity index (χ3n) is 4.24. The van der Waals surface area contributed by atoms with Gasteiger partial charge in [-0.3, -0.25) is 14.3 Å². The van der Waals surface area contributed by atoms with Crippen LogP contribution in [0.25, 0.3) is 28.7 Å². The van der Waals surface area contributed by atoms with Crippen LogP contribution in [0.15, 0.2) is 77.9 Å². The van der Waals surface area contributed by atoms with E-state index in [9.17, 15) is 4.79 Å². The maximum absolute atomic E-state index is 13.2. The van der Waals surface area contributed by atoms with Crippen LogP contribution in [-0.4, -0.2) is 21.6 Å². The quantitative estimate of drug-likeness (QED) is 0.556. The highest BCUT2D eigenvalue weighted by Gasteiger charge is 2.11. The van der Waals surface area contributed by atoms with E-state index in [-0.39, 0.29) is 5.56 Å². The number of aromatic nitrogens is 3. The van der Waals surface area contributed by atoms with Gasteiger partial charge in [0, 0.05) is 12.4 Å². The highest BCUT2D eigenvalue weighted by Crippen LogP contribution is 2.18. The highest BCUT2D eigenvalue weighted by atomic mass is 16.5. The van der Waals surface area contributed by atoms with Gasteiger partial charge in [-0.05, 0) is 60.2 Å². The van der Waals surface area contributed by atoms with E-state index in [1.807, 2.05) is 66.7 Å². The summed E-state index contributed by atoms with van der Waals surface area (Å²) in [5, 5.41) is 0.576. The third-order valence-corrected chi connectivity index (χ3v) is 4.24. The lowest BCUT2D eigenvalue weighted by atomic mass is 10.2. The monoisotopic (exact) mass is 355 g/mol. The van der Waals surface area contributed by atoms with Gasteiger partial charge in [0.05, 0.1) is 23.7 Å². The van der Waals surface area contributed by atoms with Crippen molar-refractivity contribution >= 4 is 23.1 Å². The Morgan fingerprint density at radius 1 is 0.963 bits per heavy atom. The number of nitrogens with zero attached hydrogens (tertiary/aromatic N) is 3. The minimum absolute atomic E-state index is 0.114. The Morgan fingerprint density at radius 3 is 2.52 bits per heavy atom. The van der Waals surface area contributed by atoms with Crippen molar-refractivity contribution in [2.75, 3.05) is 7.11 Å². The molecule has 5 nitrogen and oxygen atoms in total. The van der Waals surface area contributed by atoms with Crippen LogP contribution < -0.4 is 10.3 Å². The molecule has 0 spiro atoms. The van der Waals surface area contributed by atoms with Gasteiger partial charge in [-0.2, -0.15) is 0 Å². The normalized spacial score (nSPS) is 11.1. The van der Waals surface area contributed by atoms with Gasteiger partial charge in [0.1, 0.15) is 11.6 Å². The van der Waals surface area contributed by atoms with Crippen molar-refractivity contribution in [3.63, 3.8) is 0 Å². The Hall–Kier alpha value is -3.73. The summed E-state index contributed by atoms with van der Waals surface area (Å²) in [6.45, 7) is 0. The van der Waals surface area contributed by atoms with Gasteiger partial charge in [0.2, 0.25) is 0 Å². The fraction of sp³-hybridized carbons (Fsp3) is 0.0455. The minimum Gasteiger partial charge on any atom is -0.497 e. The van der Waals surface area contributed by atoms with Crippen molar-refractivity contribution in [3.8, 4) is 11.4 Å². The molecule has 0 unspecified atom stereocenters. The minimum atomic E-state index is -0.114. The largest absolute Gasteiger partial charge is 0.497 e. The molecule has 0 saturated carbocycles. The summed E-state index contributed by atoms with van der Waals surface area (Å²) in [6.07, 6.45) is 7.20. The van der Waals surface area contributed by atoms with Crippen LogP contribution in [0.1, 0.15) is 11.4 Å². The second-order valence-corrected chi connectivity index (χ2v) is 5.95. The summed E-state index contributed by atoms with van der Waals surface area (Å²) >= 11 is 0. The molecule has 0 atom stereocenters. The van der Waals surface area contributed by atoms with E-state index in [1.165, 1.54) is 0 Å². The van der Waals surface area contributed by atoms with Crippen LogP contribution >= 0.6 is 0 Å². The maximum Gasteiger partial charge on any atom is 0.266 e. The van der Waals surface area contributed by atoms with E-state index in [2.05, 4.69) is 4.98 Å². The van der Waals surface area contributed by atoms with Crippen molar-refractivity contribution in [2.24, 2.45) is 0 Å². The third kappa shape index (κ3) is 3.35. The molecule has 4 rings (SSSR count). The molecule has 0 saturated heterocycles. The summed E-state index contributed by atoms with van der Waals surface area (Å²) in [6, 6.07) is 18.5. The van der Waals surface area contributed by atoms with E-state index in [0.717, 1.165) is 17.0 Å².